The van der Waals surface area contributed by atoms with E-state index in [4.69, 9.17) is 0 Å². The van der Waals surface area contributed by atoms with Gasteiger partial charge in [-0.2, -0.15) is 24.9 Å². The molecule has 0 aliphatic carbocycles. The van der Waals surface area contributed by atoms with Crippen LogP contribution in [0.1, 0.15) is 24.5 Å². The number of alkyl halides is 3. The highest BCUT2D eigenvalue weighted by Crippen LogP contribution is 2.27. The first-order valence-corrected chi connectivity index (χ1v) is 12.7. The second-order valence-corrected chi connectivity index (χ2v) is 10.2. The van der Waals surface area contributed by atoms with Crippen molar-refractivity contribution in [1.82, 2.24) is 5.43 Å². The summed E-state index contributed by atoms with van der Waals surface area (Å²) in [5, 5.41) is 2.75. The third kappa shape index (κ3) is 7.83. The van der Waals surface area contributed by atoms with Crippen LogP contribution >= 0.6 is 11.8 Å². The zero-order valence-corrected chi connectivity index (χ0v) is 20.3. The third-order valence-corrected chi connectivity index (χ3v) is 6.90. The van der Waals surface area contributed by atoms with Gasteiger partial charge in [0.2, 0.25) is 5.91 Å². The molecule has 186 valence electrons. The fourth-order valence-electron chi connectivity index (χ4n) is 2.81. The van der Waals surface area contributed by atoms with Crippen LogP contribution in [0.4, 0.5) is 30.2 Å². The average Bonchev–Trinajstić information content (AvgIpc) is 2.74. The fourth-order valence-corrected chi connectivity index (χ4v) is 4.74. The molecule has 2 rings (SSSR count). The van der Waals surface area contributed by atoms with Crippen molar-refractivity contribution in [3.05, 3.63) is 47.5 Å². The molecule has 0 bridgehead atoms. The number of hydrogen-bond acceptors (Lipinski definition) is 6. The summed E-state index contributed by atoms with van der Waals surface area (Å²) in [5.41, 5.74) is 5.41. The SMILES string of the molecule is CCSCCC(=O)Nc1cc(S(=O)(=O)Nc2ccc(NNC(=O)C(F)(F)F)cc2)c(C)cc1C. The second-order valence-electron chi connectivity index (χ2n) is 7.19. The van der Waals surface area contributed by atoms with Crippen LogP contribution in [-0.4, -0.2) is 37.9 Å². The molecule has 0 atom stereocenters. The van der Waals surface area contributed by atoms with Gasteiger partial charge in [0.25, 0.3) is 10.0 Å². The van der Waals surface area contributed by atoms with Gasteiger partial charge in [0, 0.05) is 23.5 Å². The van der Waals surface area contributed by atoms with Crippen molar-refractivity contribution in [2.75, 3.05) is 27.0 Å². The van der Waals surface area contributed by atoms with Crippen molar-refractivity contribution < 1.29 is 31.2 Å². The molecule has 0 aliphatic rings. The zero-order valence-electron chi connectivity index (χ0n) is 18.7. The Balaban J connectivity index is 2.13. The maximum Gasteiger partial charge on any atom is 0.472 e. The summed E-state index contributed by atoms with van der Waals surface area (Å²) in [7, 11) is -4.04. The molecule has 0 heterocycles. The van der Waals surface area contributed by atoms with Gasteiger partial charge >= 0.3 is 12.1 Å². The number of hydrazine groups is 1. The molecule has 0 aromatic heterocycles. The van der Waals surface area contributed by atoms with Crippen LogP contribution < -0.4 is 20.9 Å². The minimum Gasteiger partial charge on any atom is -0.326 e. The lowest BCUT2D eigenvalue weighted by atomic mass is 10.1. The molecule has 0 fully saturated rings. The number of amides is 2. The van der Waals surface area contributed by atoms with Crippen LogP contribution in [0.2, 0.25) is 0 Å². The monoisotopic (exact) mass is 518 g/mol. The van der Waals surface area contributed by atoms with E-state index in [1.807, 2.05) is 6.92 Å². The summed E-state index contributed by atoms with van der Waals surface area (Å²) >= 11 is 1.63. The maximum atomic E-state index is 13.0. The van der Waals surface area contributed by atoms with Crippen LogP contribution in [0.5, 0.6) is 0 Å². The molecule has 0 unspecified atom stereocenters. The second kappa shape index (κ2) is 11.5. The van der Waals surface area contributed by atoms with Gasteiger partial charge in [-0.25, -0.2) is 8.42 Å². The number of thioether (sulfide) groups is 1. The third-order valence-electron chi connectivity index (χ3n) is 4.48. The van der Waals surface area contributed by atoms with Crippen molar-refractivity contribution in [3.63, 3.8) is 0 Å². The summed E-state index contributed by atoms with van der Waals surface area (Å²) in [6.07, 6.45) is -4.74. The number of nitrogens with one attached hydrogen (secondary N) is 4. The van der Waals surface area contributed by atoms with E-state index in [2.05, 4.69) is 15.5 Å². The Morgan fingerprint density at radius 3 is 2.21 bits per heavy atom. The molecule has 2 amide bonds. The quantitative estimate of drug-likeness (QED) is 0.277. The number of anilines is 3. The normalized spacial score (nSPS) is 11.6. The zero-order chi connectivity index (χ0) is 25.5. The number of carbonyl (C=O) groups excluding carboxylic acids is 2. The Bertz CT molecular complexity index is 1140. The number of aryl methyl sites for hydroxylation is 2. The van der Waals surface area contributed by atoms with Crippen molar-refractivity contribution in [2.24, 2.45) is 0 Å². The molecule has 0 radical (unpaired) electrons. The van der Waals surface area contributed by atoms with Gasteiger partial charge in [-0.05, 0) is 61.1 Å². The van der Waals surface area contributed by atoms with Gasteiger partial charge in [-0.15, -0.1) is 0 Å². The predicted molar refractivity (Wildman–Crippen MR) is 127 cm³/mol. The molecular weight excluding hydrogens is 493 g/mol. The number of rotatable bonds is 10. The average molecular weight is 519 g/mol. The smallest absolute Gasteiger partial charge is 0.326 e. The Morgan fingerprint density at radius 2 is 1.62 bits per heavy atom. The topological polar surface area (TPSA) is 116 Å². The number of hydrogen-bond donors (Lipinski definition) is 4. The molecule has 0 saturated carbocycles. The summed E-state index contributed by atoms with van der Waals surface area (Å²) < 4.78 is 65.0. The lowest BCUT2D eigenvalue weighted by Gasteiger charge is -2.15. The Hall–Kier alpha value is -2.93. The predicted octanol–water partition coefficient (Wildman–Crippen LogP) is 4.19. The molecule has 34 heavy (non-hydrogen) atoms. The minimum absolute atomic E-state index is 0.0315. The summed E-state index contributed by atoms with van der Waals surface area (Å²) in [5.74, 6) is -0.835. The number of benzene rings is 2. The van der Waals surface area contributed by atoms with Crippen LogP contribution in [0.25, 0.3) is 0 Å². The van der Waals surface area contributed by atoms with E-state index in [9.17, 15) is 31.2 Å². The summed E-state index contributed by atoms with van der Waals surface area (Å²) in [4.78, 5) is 23.0. The van der Waals surface area contributed by atoms with Crippen LogP contribution in [0, 0.1) is 13.8 Å². The summed E-state index contributed by atoms with van der Waals surface area (Å²) in [6, 6.07) is 8.25. The highest BCUT2D eigenvalue weighted by molar-refractivity contribution is 7.99. The lowest BCUT2D eigenvalue weighted by molar-refractivity contribution is -0.173. The van der Waals surface area contributed by atoms with Gasteiger partial charge in [0.15, 0.2) is 0 Å². The fraction of sp³-hybridized carbons (Fsp3) is 0.333. The van der Waals surface area contributed by atoms with Gasteiger partial charge in [0.05, 0.1) is 10.6 Å². The molecular formula is C21H25F3N4O4S2. The molecule has 2 aromatic rings. The minimum atomic E-state index is -5.04. The van der Waals surface area contributed by atoms with Gasteiger partial charge in [0.1, 0.15) is 0 Å². The molecule has 0 aliphatic heterocycles. The van der Waals surface area contributed by atoms with Crippen molar-refractivity contribution in [3.8, 4) is 0 Å². The molecule has 0 spiro atoms. The largest absolute Gasteiger partial charge is 0.472 e. The highest BCUT2D eigenvalue weighted by atomic mass is 32.2. The first-order valence-electron chi connectivity index (χ1n) is 10.1. The van der Waals surface area contributed by atoms with E-state index in [-0.39, 0.29) is 22.2 Å². The lowest BCUT2D eigenvalue weighted by Crippen LogP contribution is -2.40. The summed E-state index contributed by atoms with van der Waals surface area (Å²) in [6.45, 7) is 5.38. The number of carbonyl (C=O) groups is 2. The van der Waals surface area contributed by atoms with Crippen LogP contribution in [0.3, 0.4) is 0 Å². The molecule has 0 saturated heterocycles. The Labute approximate surface area is 200 Å². The molecule has 4 N–H and O–H groups in total. The molecule has 8 nitrogen and oxygen atoms in total. The maximum absolute atomic E-state index is 13.0. The van der Waals surface area contributed by atoms with E-state index in [0.29, 0.717) is 29.0 Å². The van der Waals surface area contributed by atoms with E-state index < -0.39 is 22.1 Å². The Kier molecular flexibility index (Phi) is 9.21. The standard InChI is InChI=1S/C21H25F3N4O4S2/c1-4-33-10-9-19(29)25-17-12-18(14(3)11-13(17)2)34(31,32)28-16-7-5-15(6-8-16)26-27-20(30)21(22,23)24/h5-8,11-12,26,28H,4,9-10H2,1-3H3,(H,25,29)(H,27,30). The van der Waals surface area contributed by atoms with Gasteiger partial charge < -0.3 is 5.32 Å². The number of halogens is 3. The Morgan fingerprint density at radius 1 is 1.00 bits per heavy atom. The first kappa shape index (κ1) is 27.3. The first-order chi connectivity index (χ1) is 15.8. The van der Waals surface area contributed by atoms with Crippen LogP contribution in [-0.2, 0) is 19.6 Å². The van der Waals surface area contributed by atoms with Crippen LogP contribution in [0.15, 0.2) is 41.3 Å². The van der Waals surface area contributed by atoms with E-state index >= 15 is 0 Å². The van der Waals surface area contributed by atoms with E-state index in [0.717, 1.165) is 5.75 Å². The van der Waals surface area contributed by atoms with Gasteiger partial charge in [-0.3, -0.25) is 25.2 Å². The van der Waals surface area contributed by atoms with Gasteiger partial charge in [-0.1, -0.05) is 13.0 Å². The van der Waals surface area contributed by atoms with Crippen molar-refractivity contribution in [2.45, 2.75) is 38.3 Å². The van der Waals surface area contributed by atoms with Crippen molar-refractivity contribution >= 4 is 50.7 Å². The highest BCUT2D eigenvalue weighted by Gasteiger charge is 2.38. The van der Waals surface area contributed by atoms with E-state index in [1.165, 1.54) is 35.8 Å². The number of sulfonamides is 1. The molecule has 2 aromatic carbocycles. The van der Waals surface area contributed by atoms with E-state index in [1.54, 1.807) is 31.7 Å². The van der Waals surface area contributed by atoms with Crippen molar-refractivity contribution in [1.29, 1.82) is 0 Å². The molecule has 13 heteroatoms.